The van der Waals surface area contributed by atoms with E-state index in [2.05, 4.69) is 5.32 Å². The first kappa shape index (κ1) is 25.3. The Morgan fingerprint density at radius 3 is 2.39 bits per heavy atom. The number of hydrogen-bond donors (Lipinski definition) is 1. The van der Waals surface area contributed by atoms with E-state index in [9.17, 15) is 19.2 Å². The maximum atomic E-state index is 13.1. The van der Waals surface area contributed by atoms with Gasteiger partial charge in [0.15, 0.2) is 0 Å². The van der Waals surface area contributed by atoms with Gasteiger partial charge in [0.05, 0.1) is 13.5 Å². The number of thioether (sulfide) groups is 1. The summed E-state index contributed by atoms with van der Waals surface area (Å²) in [5.41, 5.74) is 2.12. The molecule has 4 rings (SSSR count). The Morgan fingerprint density at radius 2 is 1.72 bits per heavy atom. The normalized spacial score (nSPS) is 18.6. The summed E-state index contributed by atoms with van der Waals surface area (Å²) < 4.78 is 15.8. The van der Waals surface area contributed by atoms with E-state index < -0.39 is 29.3 Å². The molecule has 1 fully saturated rings. The van der Waals surface area contributed by atoms with Gasteiger partial charge >= 0.3 is 11.9 Å². The summed E-state index contributed by atoms with van der Waals surface area (Å²) in [7, 11) is 1.56. The van der Waals surface area contributed by atoms with Crippen LogP contribution in [-0.2, 0) is 41.7 Å². The molecule has 0 spiro atoms. The minimum Gasteiger partial charge on any atom is -0.497 e. The Labute approximate surface area is 212 Å². The smallest absolute Gasteiger partial charge is 0.355 e. The summed E-state index contributed by atoms with van der Waals surface area (Å²) in [5, 5.41) is 2.33. The number of methoxy groups -OCH3 is 1. The zero-order chi connectivity index (χ0) is 25.7. The molecular weight excluding hydrogens is 484 g/mol. The average Bonchev–Trinajstić information content (AvgIpc) is 2.89. The zero-order valence-corrected chi connectivity index (χ0v) is 20.7. The third kappa shape index (κ3) is 5.71. The summed E-state index contributed by atoms with van der Waals surface area (Å²) in [6.07, 6.45) is 0.145. The van der Waals surface area contributed by atoms with Crippen LogP contribution >= 0.6 is 11.8 Å². The summed E-state index contributed by atoms with van der Waals surface area (Å²) >= 11 is 1.39. The Bertz CT molecular complexity index is 1180. The molecule has 36 heavy (non-hydrogen) atoms. The first-order valence-corrected chi connectivity index (χ1v) is 12.4. The summed E-state index contributed by atoms with van der Waals surface area (Å²) in [6.45, 7) is 1.13. The van der Waals surface area contributed by atoms with E-state index in [4.69, 9.17) is 14.2 Å². The highest BCUT2D eigenvalue weighted by Crippen LogP contribution is 2.41. The molecular formula is C26H26N2O7S. The lowest BCUT2D eigenvalue weighted by Crippen LogP contribution is -2.70. The van der Waals surface area contributed by atoms with E-state index in [0.717, 1.165) is 11.1 Å². The van der Waals surface area contributed by atoms with Crippen LogP contribution in [0.5, 0.6) is 5.75 Å². The number of fused-ring (bicyclic) bond motifs is 1. The highest BCUT2D eigenvalue weighted by molar-refractivity contribution is 8.00. The minimum atomic E-state index is -0.758. The van der Waals surface area contributed by atoms with Gasteiger partial charge in [-0.2, -0.15) is 0 Å². The fourth-order valence-electron chi connectivity index (χ4n) is 3.92. The molecule has 2 aromatic rings. The molecule has 0 saturated carbocycles. The van der Waals surface area contributed by atoms with Crippen molar-refractivity contribution >= 4 is 35.5 Å². The summed E-state index contributed by atoms with van der Waals surface area (Å²) in [6, 6.07) is 15.5. The SMILES string of the molecule is COc1ccc(COC(=O)C2=C(COC(C)=O)CS[C@@H]3[C@H](NC(=O)Cc4ccccc4)C(=O)N23)cc1. The van der Waals surface area contributed by atoms with Crippen molar-refractivity contribution in [1.82, 2.24) is 10.2 Å². The van der Waals surface area contributed by atoms with Crippen LogP contribution in [-0.4, -0.2) is 59.5 Å². The van der Waals surface area contributed by atoms with Crippen molar-refractivity contribution in [1.29, 1.82) is 0 Å². The quantitative estimate of drug-likeness (QED) is 0.404. The lowest BCUT2D eigenvalue weighted by Gasteiger charge is -2.49. The molecule has 0 radical (unpaired) electrons. The fourth-order valence-corrected chi connectivity index (χ4v) is 5.24. The van der Waals surface area contributed by atoms with Crippen molar-refractivity contribution < 1.29 is 33.4 Å². The van der Waals surface area contributed by atoms with E-state index in [1.165, 1.54) is 23.6 Å². The maximum absolute atomic E-state index is 13.1. The third-order valence-electron chi connectivity index (χ3n) is 5.74. The molecule has 2 heterocycles. The number of amides is 2. The van der Waals surface area contributed by atoms with E-state index in [0.29, 0.717) is 17.1 Å². The van der Waals surface area contributed by atoms with Gasteiger partial charge in [0.2, 0.25) is 5.91 Å². The molecule has 2 aromatic carbocycles. The number of ether oxygens (including phenoxy) is 3. The maximum Gasteiger partial charge on any atom is 0.355 e. The standard InChI is InChI=1S/C26H26N2O7S/c1-16(29)34-14-19-15-36-25-22(27-21(30)12-17-6-4-3-5-7-17)24(31)28(25)23(19)26(32)35-13-18-8-10-20(33-2)11-9-18/h3-11,22,25H,12-15H2,1-2H3,(H,27,30)/t22-,25-/m1/s1. The second-order valence-electron chi connectivity index (χ2n) is 8.27. The molecule has 188 valence electrons. The number of nitrogens with zero attached hydrogens (tertiary/aromatic N) is 1. The van der Waals surface area contributed by atoms with Gasteiger partial charge in [-0.1, -0.05) is 42.5 Å². The lowest BCUT2D eigenvalue weighted by molar-refractivity contribution is -0.153. The number of esters is 2. The van der Waals surface area contributed by atoms with Crippen LogP contribution in [0, 0.1) is 0 Å². The Kier molecular flexibility index (Phi) is 7.94. The number of hydrogen-bond acceptors (Lipinski definition) is 8. The highest BCUT2D eigenvalue weighted by atomic mass is 32.2. The molecule has 1 N–H and O–H groups in total. The van der Waals surface area contributed by atoms with Gasteiger partial charge in [-0.25, -0.2) is 4.79 Å². The van der Waals surface area contributed by atoms with E-state index in [1.807, 2.05) is 30.3 Å². The van der Waals surface area contributed by atoms with Crippen molar-refractivity contribution in [3.8, 4) is 5.75 Å². The molecule has 2 aliphatic rings. The van der Waals surface area contributed by atoms with Gasteiger partial charge in [-0.15, -0.1) is 11.8 Å². The van der Waals surface area contributed by atoms with Gasteiger partial charge in [0.1, 0.15) is 36.1 Å². The first-order chi connectivity index (χ1) is 17.4. The largest absolute Gasteiger partial charge is 0.497 e. The third-order valence-corrected chi connectivity index (χ3v) is 7.08. The Balaban J connectivity index is 1.46. The van der Waals surface area contributed by atoms with Crippen molar-refractivity contribution in [3.05, 3.63) is 77.0 Å². The van der Waals surface area contributed by atoms with Crippen LogP contribution in [0.1, 0.15) is 18.1 Å². The molecule has 0 aromatic heterocycles. The molecule has 2 atom stereocenters. The second kappa shape index (κ2) is 11.3. The summed E-state index contributed by atoms with van der Waals surface area (Å²) in [5.74, 6) is -0.861. The van der Waals surface area contributed by atoms with Crippen LogP contribution < -0.4 is 10.1 Å². The predicted molar refractivity (Wildman–Crippen MR) is 132 cm³/mol. The van der Waals surface area contributed by atoms with Crippen LogP contribution in [0.15, 0.2) is 65.9 Å². The molecule has 2 amide bonds. The first-order valence-electron chi connectivity index (χ1n) is 11.3. The second-order valence-corrected chi connectivity index (χ2v) is 9.38. The van der Waals surface area contributed by atoms with Crippen molar-refractivity contribution in [2.45, 2.75) is 31.4 Å². The number of β-lactam (4-membered cyclic amide) rings is 1. The molecule has 0 unspecified atom stereocenters. The van der Waals surface area contributed by atoms with Crippen LogP contribution in [0.4, 0.5) is 0 Å². The minimum absolute atomic E-state index is 0.00967. The van der Waals surface area contributed by atoms with E-state index in [1.54, 1.807) is 31.4 Å². The van der Waals surface area contributed by atoms with Crippen LogP contribution in [0.3, 0.4) is 0 Å². The van der Waals surface area contributed by atoms with Gasteiger partial charge in [0.25, 0.3) is 5.91 Å². The number of nitrogens with one attached hydrogen (secondary N) is 1. The topological polar surface area (TPSA) is 111 Å². The van der Waals surface area contributed by atoms with Crippen LogP contribution in [0.25, 0.3) is 0 Å². The molecule has 0 bridgehead atoms. The van der Waals surface area contributed by atoms with Gasteiger partial charge < -0.3 is 19.5 Å². The van der Waals surface area contributed by atoms with Crippen molar-refractivity contribution in [2.75, 3.05) is 19.5 Å². The molecule has 2 aliphatic heterocycles. The molecule has 0 aliphatic carbocycles. The average molecular weight is 511 g/mol. The van der Waals surface area contributed by atoms with Crippen molar-refractivity contribution in [2.24, 2.45) is 0 Å². The summed E-state index contributed by atoms with van der Waals surface area (Å²) in [4.78, 5) is 51.4. The van der Waals surface area contributed by atoms with Crippen molar-refractivity contribution in [3.63, 3.8) is 0 Å². The molecule has 10 heteroatoms. The van der Waals surface area contributed by atoms with Gasteiger partial charge in [-0.3, -0.25) is 19.3 Å². The number of rotatable bonds is 9. The Hall–Kier alpha value is -3.79. The fraction of sp³-hybridized carbons (Fsp3) is 0.308. The predicted octanol–water partition coefficient (Wildman–Crippen LogP) is 2.20. The number of carbonyl (C=O) groups is 4. The van der Waals surface area contributed by atoms with E-state index >= 15 is 0 Å². The van der Waals surface area contributed by atoms with Crippen LogP contribution in [0.2, 0.25) is 0 Å². The molecule has 1 saturated heterocycles. The monoisotopic (exact) mass is 510 g/mol. The Morgan fingerprint density at radius 1 is 1.00 bits per heavy atom. The number of carbonyl (C=O) groups excluding carboxylic acids is 4. The highest BCUT2D eigenvalue weighted by Gasteiger charge is 2.54. The lowest BCUT2D eigenvalue weighted by atomic mass is 10.0. The van der Waals surface area contributed by atoms with Gasteiger partial charge in [-0.05, 0) is 23.3 Å². The molecule has 9 nitrogen and oxygen atoms in total. The van der Waals surface area contributed by atoms with Gasteiger partial charge in [0, 0.05) is 18.2 Å². The number of benzene rings is 2. The zero-order valence-electron chi connectivity index (χ0n) is 19.9. The van der Waals surface area contributed by atoms with E-state index in [-0.39, 0.29) is 31.2 Å².